The summed E-state index contributed by atoms with van der Waals surface area (Å²) < 4.78 is 1.77. The highest BCUT2D eigenvalue weighted by atomic mass is 32.1. The van der Waals surface area contributed by atoms with Crippen molar-refractivity contribution in [3.05, 3.63) is 38.9 Å². The van der Waals surface area contributed by atoms with E-state index < -0.39 is 0 Å². The molecule has 25 heavy (non-hydrogen) atoms. The predicted octanol–water partition coefficient (Wildman–Crippen LogP) is 3.64. The summed E-state index contributed by atoms with van der Waals surface area (Å²) in [7, 11) is 1.64. The second-order valence-electron chi connectivity index (χ2n) is 6.93. The van der Waals surface area contributed by atoms with Crippen molar-refractivity contribution in [2.45, 2.75) is 39.0 Å². The minimum absolute atomic E-state index is 0.0408. The summed E-state index contributed by atoms with van der Waals surface area (Å²) in [5.41, 5.74) is 1.09. The van der Waals surface area contributed by atoms with E-state index in [1.165, 1.54) is 23.8 Å². The molecule has 0 radical (unpaired) electrons. The van der Waals surface area contributed by atoms with E-state index in [4.69, 9.17) is 12.2 Å². The maximum Gasteiger partial charge on any atom is 0.261 e. The molecule has 1 aromatic heterocycles. The number of fused-ring (bicyclic) bond motifs is 1. The molecule has 6 heteroatoms. The van der Waals surface area contributed by atoms with E-state index in [9.17, 15) is 9.59 Å². The van der Waals surface area contributed by atoms with Gasteiger partial charge in [-0.1, -0.05) is 19.8 Å². The molecule has 1 aromatic carbocycles. The van der Waals surface area contributed by atoms with Crippen molar-refractivity contribution in [2.24, 2.45) is 13.0 Å². The summed E-state index contributed by atoms with van der Waals surface area (Å²) in [5, 5.41) is 0.548. The average Bonchev–Trinajstić information content (AvgIpc) is 2.85. The number of rotatable bonds is 3. The molecule has 1 N–H and O–H groups in total. The number of carbonyl (C=O) groups excluding carboxylic acids is 1. The van der Waals surface area contributed by atoms with Crippen molar-refractivity contribution in [1.82, 2.24) is 14.5 Å². The van der Waals surface area contributed by atoms with Crippen LogP contribution >= 0.6 is 12.2 Å². The number of benzene rings is 1. The Labute approximate surface area is 152 Å². The summed E-state index contributed by atoms with van der Waals surface area (Å²) in [6, 6.07) is 5.22. The van der Waals surface area contributed by atoms with Gasteiger partial charge in [0.25, 0.3) is 11.5 Å². The monoisotopic (exact) mass is 359 g/mol. The third-order valence-electron chi connectivity index (χ3n) is 5.18. The highest BCUT2D eigenvalue weighted by Gasteiger charge is 2.21. The minimum Gasteiger partial charge on any atom is -0.339 e. The van der Waals surface area contributed by atoms with Gasteiger partial charge < -0.3 is 9.88 Å². The van der Waals surface area contributed by atoms with Crippen LogP contribution in [0, 0.1) is 10.7 Å². The number of hydrogen-bond donors (Lipinski definition) is 1. The molecule has 1 fully saturated rings. The van der Waals surface area contributed by atoms with Gasteiger partial charge in [0.1, 0.15) is 0 Å². The molecule has 2 heterocycles. The first-order valence-corrected chi connectivity index (χ1v) is 9.44. The van der Waals surface area contributed by atoms with E-state index in [0.29, 0.717) is 21.2 Å². The maximum atomic E-state index is 12.9. The first-order chi connectivity index (χ1) is 12.0. The van der Waals surface area contributed by atoms with Crippen molar-refractivity contribution in [3.8, 4) is 0 Å². The number of aromatic nitrogens is 2. The van der Waals surface area contributed by atoms with Crippen molar-refractivity contribution in [1.29, 1.82) is 0 Å². The quantitative estimate of drug-likeness (QED) is 0.851. The number of nitrogens with zero attached hydrogens (tertiary/aromatic N) is 2. The van der Waals surface area contributed by atoms with Gasteiger partial charge in [-0.25, -0.2) is 0 Å². The van der Waals surface area contributed by atoms with E-state index in [1.54, 1.807) is 25.2 Å². The van der Waals surface area contributed by atoms with Crippen molar-refractivity contribution < 1.29 is 4.79 Å². The van der Waals surface area contributed by atoms with Crippen LogP contribution in [0.25, 0.3) is 10.9 Å². The molecule has 1 unspecified atom stereocenters. The highest BCUT2D eigenvalue weighted by molar-refractivity contribution is 7.71. The van der Waals surface area contributed by atoms with E-state index in [-0.39, 0.29) is 11.5 Å². The molecule has 1 atom stereocenters. The summed E-state index contributed by atoms with van der Waals surface area (Å²) in [6.45, 7) is 3.84. The van der Waals surface area contributed by atoms with E-state index in [0.717, 1.165) is 31.8 Å². The molecule has 134 valence electrons. The second-order valence-corrected chi connectivity index (χ2v) is 7.32. The Morgan fingerprint density at radius 1 is 1.32 bits per heavy atom. The molecule has 1 aliphatic heterocycles. The number of nitrogens with one attached hydrogen (secondary N) is 1. The minimum atomic E-state index is -0.144. The molecule has 1 saturated heterocycles. The average molecular weight is 359 g/mol. The third kappa shape index (κ3) is 3.68. The fraction of sp³-hybridized carbons (Fsp3) is 0.526. The van der Waals surface area contributed by atoms with Crippen LogP contribution < -0.4 is 5.56 Å². The molecular formula is C19H25N3O2S. The second kappa shape index (κ2) is 7.52. The zero-order valence-electron chi connectivity index (χ0n) is 14.9. The molecule has 0 spiro atoms. The van der Waals surface area contributed by atoms with Gasteiger partial charge in [0, 0.05) is 25.7 Å². The lowest BCUT2D eigenvalue weighted by atomic mass is 9.96. The van der Waals surface area contributed by atoms with Crippen LogP contribution in [0.1, 0.15) is 49.4 Å². The number of likely N-dealkylation sites (tertiary alicyclic amines) is 1. The van der Waals surface area contributed by atoms with Crippen LogP contribution in [0.4, 0.5) is 0 Å². The lowest BCUT2D eigenvalue weighted by Crippen LogP contribution is -2.32. The summed E-state index contributed by atoms with van der Waals surface area (Å²) in [6.07, 6.45) is 5.80. The Balaban J connectivity index is 1.86. The van der Waals surface area contributed by atoms with Gasteiger partial charge in [0.15, 0.2) is 4.77 Å². The fourth-order valence-corrected chi connectivity index (χ4v) is 3.88. The summed E-state index contributed by atoms with van der Waals surface area (Å²) >= 11 is 5.17. The van der Waals surface area contributed by atoms with Crippen LogP contribution in [0.5, 0.6) is 0 Å². The third-order valence-corrected chi connectivity index (χ3v) is 5.56. The van der Waals surface area contributed by atoms with Crippen LogP contribution in [0.3, 0.4) is 0 Å². The Bertz CT molecular complexity index is 900. The van der Waals surface area contributed by atoms with Crippen LogP contribution in [-0.4, -0.2) is 33.4 Å². The van der Waals surface area contributed by atoms with Crippen LogP contribution in [0.2, 0.25) is 0 Å². The summed E-state index contributed by atoms with van der Waals surface area (Å²) in [5.74, 6) is 0.776. The smallest absolute Gasteiger partial charge is 0.261 e. The zero-order chi connectivity index (χ0) is 18.0. The Kier molecular flexibility index (Phi) is 5.37. The number of hydrogen-bond acceptors (Lipinski definition) is 3. The Hall–Kier alpha value is -1.95. The molecule has 2 aromatic rings. The molecule has 0 saturated carbocycles. The van der Waals surface area contributed by atoms with Crippen LogP contribution in [0.15, 0.2) is 23.0 Å². The van der Waals surface area contributed by atoms with Gasteiger partial charge >= 0.3 is 0 Å². The topological polar surface area (TPSA) is 58.1 Å². The molecule has 0 bridgehead atoms. The van der Waals surface area contributed by atoms with Crippen molar-refractivity contribution in [3.63, 3.8) is 0 Å². The molecule has 5 nitrogen and oxygen atoms in total. The van der Waals surface area contributed by atoms with Gasteiger partial charge in [-0.05, 0) is 55.6 Å². The van der Waals surface area contributed by atoms with Crippen molar-refractivity contribution in [2.75, 3.05) is 13.1 Å². The molecule has 1 amide bonds. The standard InChI is InChI=1S/C19H25N3O2S/c1-3-5-13-6-4-10-22(11-9-13)17(23)14-7-8-15-16(12-14)20-19(25)21(2)18(15)24/h7-8,12-13H,3-6,9-11H2,1-2H3,(H,20,25). The lowest BCUT2D eigenvalue weighted by Gasteiger charge is -2.21. The lowest BCUT2D eigenvalue weighted by molar-refractivity contribution is 0.0760. The van der Waals surface area contributed by atoms with Gasteiger partial charge in [-0.2, -0.15) is 0 Å². The van der Waals surface area contributed by atoms with Gasteiger partial charge in [-0.15, -0.1) is 0 Å². The van der Waals surface area contributed by atoms with Gasteiger partial charge in [-0.3, -0.25) is 14.2 Å². The number of amides is 1. The number of aromatic amines is 1. The zero-order valence-corrected chi connectivity index (χ0v) is 15.7. The maximum absolute atomic E-state index is 12.9. The molecule has 1 aliphatic rings. The highest BCUT2D eigenvalue weighted by Crippen LogP contribution is 2.23. The van der Waals surface area contributed by atoms with E-state index >= 15 is 0 Å². The molecule has 3 rings (SSSR count). The fourth-order valence-electron chi connectivity index (χ4n) is 3.69. The first kappa shape index (κ1) is 17.9. The normalized spacial score (nSPS) is 18.3. The van der Waals surface area contributed by atoms with Crippen LogP contribution in [-0.2, 0) is 7.05 Å². The van der Waals surface area contributed by atoms with Gasteiger partial charge in [0.2, 0.25) is 0 Å². The van der Waals surface area contributed by atoms with E-state index in [2.05, 4.69) is 11.9 Å². The van der Waals surface area contributed by atoms with Crippen molar-refractivity contribution >= 4 is 29.0 Å². The Morgan fingerprint density at radius 2 is 2.12 bits per heavy atom. The summed E-state index contributed by atoms with van der Waals surface area (Å²) in [4.78, 5) is 30.1. The van der Waals surface area contributed by atoms with E-state index in [1.807, 2.05) is 4.90 Å². The first-order valence-electron chi connectivity index (χ1n) is 9.03. The number of H-pyrrole nitrogens is 1. The molecule has 0 aliphatic carbocycles. The van der Waals surface area contributed by atoms with Gasteiger partial charge in [0.05, 0.1) is 10.9 Å². The Morgan fingerprint density at radius 3 is 2.88 bits per heavy atom. The predicted molar refractivity (Wildman–Crippen MR) is 103 cm³/mol. The number of carbonyl (C=O) groups is 1. The largest absolute Gasteiger partial charge is 0.339 e. The SMILES string of the molecule is CCCC1CCCN(C(=O)c2ccc3c(=O)n(C)c(=S)[nH]c3c2)CC1. The molecular weight excluding hydrogens is 334 g/mol.